The molecule has 0 spiro atoms. The first-order valence-electron chi connectivity index (χ1n) is 8.24. The van der Waals surface area contributed by atoms with Crippen LogP contribution in [-0.2, 0) is 20.7 Å². The molecule has 2 rings (SSSR count). The second-order valence-electron chi connectivity index (χ2n) is 5.89. The highest BCUT2D eigenvalue weighted by molar-refractivity contribution is 6.30. The SMILES string of the molecule is COc1ccc(C(C)=O)cc1CC(=O)O[C@H](C)C(=O)Nc1ccc(Cl)cc1. The highest BCUT2D eigenvalue weighted by Crippen LogP contribution is 2.21. The maximum absolute atomic E-state index is 12.2. The summed E-state index contributed by atoms with van der Waals surface area (Å²) in [6.07, 6.45) is -1.11. The van der Waals surface area contributed by atoms with E-state index in [-0.39, 0.29) is 12.2 Å². The van der Waals surface area contributed by atoms with Crippen molar-refractivity contribution in [1.82, 2.24) is 0 Å². The van der Waals surface area contributed by atoms with E-state index < -0.39 is 18.0 Å². The maximum atomic E-state index is 12.2. The predicted octanol–water partition coefficient (Wildman–Crippen LogP) is 3.66. The Morgan fingerprint density at radius 3 is 2.37 bits per heavy atom. The lowest BCUT2D eigenvalue weighted by molar-refractivity contribution is -0.152. The number of anilines is 1. The van der Waals surface area contributed by atoms with Crippen molar-refractivity contribution < 1.29 is 23.9 Å². The van der Waals surface area contributed by atoms with Crippen molar-refractivity contribution >= 4 is 34.9 Å². The molecule has 0 heterocycles. The molecule has 0 saturated heterocycles. The van der Waals surface area contributed by atoms with Crippen molar-refractivity contribution in [3.05, 3.63) is 58.6 Å². The lowest BCUT2D eigenvalue weighted by Crippen LogP contribution is -2.30. The number of nitrogens with one attached hydrogen (secondary N) is 1. The van der Waals surface area contributed by atoms with Gasteiger partial charge in [-0.15, -0.1) is 0 Å². The third kappa shape index (κ3) is 5.82. The number of ketones is 1. The van der Waals surface area contributed by atoms with Gasteiger partial charge in [-0.25, -0.2) is 0 Å². The summed E-state index contributed by atoms with van der Waals surface area (Å²) in [6, 6.07) is 11.4. The summed E-state index contributed by atoms with van der Waals surface area (Å²) in [5.41, 5.74) is 1.52. The van der Waals surface area contributed by atoms with Gasteiger partial charge in [0.1, 0.15) is 5.75 Å². The Bertz CT molecular complexity index is 848. The second kappa shape index (κ2) is 9.19. The summed E-state index contributed by atoms with van der Waals surface area (Å²) in [5, 5.41) is 3.19. The molecule has 0 saturated carbocycles. The van der Waals surface area contributed by atoms with Crippen LogP contribution in [0.5, 0.6) is 5.75 Å². The summed E-state index contributed by atoms with van der Waals surface area (Å²) < 4.78 is 10.4. The minimum atomic E-state index is -0.991. The van der Waals surface area contributed by atoms with Gasteiger partial charge in [0.15, 0.2) is 11.9 Å². The topological polar surface area (TPSA) is 81.7 Å². The summed E-state index contributed by atoms with van der Waals surface area (Å²) in [7, 11) is 1.47. The molecule has 0 aromatic heterocycles. The van der Waals surface area contributed by atoms with Gasteiger partial charge in [-0.1, -0.05) is 11.6 Å². The first-order valence-corrected chi connectivity index (χ1v) is 8.61. The van der Waals surface area contributed by atoms with Gasteiger partial charge in [-0.05, 0) is 56.3 Å². The average Bonchev–Trinajstić information content (AvgIpc) is 2.63. The van der Waals surface area contributed by atoms with Gasteiger partial charge in [-0.3, -0.25) is 14.4 Å². The standard InChI is InChI=1S/C20H20ClNO5/c1-12(23)14-4-9-18(26-3)15(10-14)11-19(24)27-13(2)20(25)22-17-7-5-16(21)6-8-17/h4-10,13H,11H2,1-3H3,(H,22,25)/t13-/m1/s1. The Hall–Kier alpha value is -2.86. The number of methoxy groups -OCH3 is 1. The van der Waals surface area contributed by atoms with Crippen LogP contribution in [0.25, 0.3) is 0 Å². The second-order valence-corrected chi connectivity index (χ2v) is 6.32. The Morgan fingerprint density at radius 2 is 1.78 bits per heavy atom. The van der Waals surface area contributed by atoms with Crippen LogP contribution in [0.1, 0.15) is 29.8 Å². The predicted molar refractivity (Wildman–Crippen MR) is 102 cm³/mol. The molecule has 0 radical (unpaired) electrons. The van der Waals surface area contributed by atoms with Gasteiger partial charge < -0.3 is 14.8 Å². The Balaban J connectivity index is 2.00. The summed E-state index contributed by atoms with van der Waals surface area (Å²) in [5.74, 6) is -0.721. The van der Waals surface area contributed by atoms with E-state index in [2.05, 4.69) is 5.32 Å². The molecule has 7 heteroatoms. The summed E-state index contributed by atoms with van der Waals surface area (Å²) in [4.78, 5) is 35.9. The molecular weight excluding hydrogens is 370 g/mol. The number of benzene rings is 2. The van der Waals surface area contributed by atoms with E-state index in [9.17, 15) is 14.4 Å². The van der Waals surface area contributed by atoms with Gasteiger partial charge in [0.2, 0.25) is 0 Å². The summed E-state index contributed by atoms with van der Waals surface area (Å²) in [6.45, 7) is 2.92. The molecule has 0 fully saturated rings. The number of rotatable bonds is 7. The number of hydrogen-bond acceptors (Lipinski definition) is 5. The monoisotopic (exact) mass is 389 g/mol. The first kappa shape index (κ1) is 20.5. The zero-order chi connectivity index (χ0) is 20.0. The fourth-order valence-corrected chi connectivity index (χ4v) is 2.49. The molecule has 1 amide bonds. The van der Waals surface area contributed by atoms with E-state index in [4.69, 9.17) is 21.1 Å². The normalized spacial score (nSPS) is 11.4. The van der Waals surface area contributed by atoms with Gasteiger partial charge in [0.05, 0.1) is 13.5 Å². The van der Waals surface area contributed by atoms with E-state index in [0.717, 1.165) is 0 Å². The maximum Gasteiger partial charge on any atom is 0.311 e. The van der Waals surface area contributed by atoms with Crippen molar-refractivity contribution in [2.75, 3.05) is 12.4 Å². The molecule has 0 unspecified atom stereocenters. The van der Waals surface area contributed by atoms with Crippen molar-refractivity contribution in [2.45, 2.75) is 26.4 Å². The molecule has 6 nitrogen and oxygen atoms in total. The van der Waals surface area contributed by atoms with Crippen LogP contribution < -0.4 is 10.1 Å². The molecule has 0 bridgehead atoms. The molecule has 1 atom stereocenters. The first-order chi connectivity index (χ1) is 12.8. The fourth-order valence-electron chi connectivity index (χ4n) is 2.36. The van der Waals surface area contributed by atoms with Gasteiger partial charge in [0.25, 0.3) is 5.91 Å². The van der Waals surface area contributed by atoms with Crippen LogP contribution in [0.4, 0.5) is 5.69 Å². The third-order valence-electron chi connectivity index (χ3n) is 3.81. The lowest BCUT2D eigenvalue weighted by Gasteiger charge is -2.15. The van der Waals surface area contributed by atoms with Gasteiger partial charge >= 0.3 is 5.97 Å². The van der Waals surface area contributed by atoms with Crippen LogP contribution in [0.2, 0.25) is 5.02 Å². The molecular formula is C20H20ClNO5. The fraction of sp³-hybridized carbons (Fsp3) is 0.250. The summed E-state index contributed by atoms with van der Waals surface area (Å²) >= 11 is 5.80. The highest BCUT2D eigenvalue weighted by Gasteiger charge is 2.20. The number of carbonyl (C=O) groups excluding carboxylic acids is 3. The number of carbonyl (C=O) groups is 3. The molecule has 2 aromatic rings. The molecule has 0 aliphatic rings. The molecule has 1 N–H and O–H groups in total. The number of halogens is 1. The Kier molecular flexibility index (Phi) is 6.96. The number of esters is 1. The van der Waals surface area contributed by atoms with Crippen LogP contribution >= 0.6 is 11.6 Å². The van der Waals surface area contributed by atoms with Gasteiger partial charge in [0, 0.05) is 21.8 Å². The van der Waals surface area contributed by atoms with Crippen LogP contribution in [-0.4, -0.2) is 30.9 Å². The van der Waals surface area contributed by atoms with Crippen molar-refractivity contribution in [2.24, 2.45) is 0 Å². The smallest absolute Gasteiger partial charge is 0.311 e. The number of hydrogen-bond donors (Lipinski definition) is 1. The van der Waals surface area contributed by atoms with Crippen molar-refractivity contribution in [1.29, 1.82) is 0 Å². The Morgan fingerprint density at radius 1 is 1.11 bits per heavy atom. The minimum Gasteiger partial charge on any atom is -0.496 e. The molecule has 142 valence electrons. The van der Waals surface area contributed by atoms with Crippen LogP contribution in [0.3, 0.4) is 0 Å². The zero-order valence-corrected chi connectivity index (χ0v) is 16.0. The quantitative estimate of drug-likeness (QED) is 0.577. The third-order valence-corrected chi connectivity index (χ3v) is 4.06. The van der Waals surface area contributed by atoms with Crippen molar-refractivity contribution in [3.63, 3.8) is 0 Å². The average molecular weight is 390 g/mol. The Labute approximate surface area is 162 Å². The zero-order valence-electron chi connectivity index (χ0n) is 15.2. The van der Waals surface area contributed by atoms with E-state index in [1.54, 1.807) is 42.5 Å². The van der Waals surface area contributed by atoms with Crippen molar-refractivity contribution in [3.8, 4) is 5.75 Å². The van der Waals surface area contributed by atoms with E-state index in [1.165, 1.54) is 21.0 Å². The molecule has 0 aliphatic heterocycles. The molecule has 27 heavy (non-hydrogen) atoms. The van der Waals surface area contributed by atoms with E-state index in [1.807, 2.05) is 0 Å². The largest absolute Gasteiger partial charge is 0.496 e. The molecule has 0 aliphatic carbocycles. The number of Topliss-reactive ketones (excluding diaryl/α,β-unsaturated/α-hetero) is 1. The van der Waals surface area contributed by atoms with Gasteiger partial charge in [-0.2, -0.15) is 0 Å². The minimum absolute atomic E-state index is 0.122. The number of amides is 1. The lowest BCUT2D eigenvalue weighted by atomic mass is 10.0. The van der Waals surface area contributed by atoms with E-state index in [0.29, 0.717) is 27.6 Å². The number of ether oxygens (including phenoxy) is 2. The van der Waals surface area contributed by atoms with Crippen LogP contribution in [0.15, 0.2) is 42.5 Å². The van der Waals surface area contributed by atoms with E-state index >= 15 is 0 Å². The molecule has 2 aromatic carbocycles. The highest BCUT2D eigenvalue weighted by atomic mass is 35.5. The van der Waals surface area contributed by atoms with Crippen LogP contribution in [0, 0.1) is 0 Å².